The van der Waals surface area contributed by atoms with E-state index in [1.807, 2.05) is 30.3 Å². The predicted molar refractivity (Wildman–Crippen MR) is 128 cm³/mol. The van der Waals surface area contributed by atoms with Crippen molar-refractivity contribution in [1.82, 2.24) is 0 Å². The van der Waals surface area contributed by atoms with Crippen LogP contribution in [0.4, 0.5) is 0 Å². The third-order valence-corrected chi connectivity index (χ3v) is 8.59. The molecule has 1 aromatic rings. The van der Waals surface area contributed by atoms with Crippen molar-refractivity contribution in [1.29, 1.82) is 0 Å². The minimum absolute atomic E-state index is 0. The molecule has 0 aliphatic carbocycles. The van der Waals surface area contributed by atoms with Gasteiger partial charge in [0.1, 0.15) is 0 Å². The molecule has 0 atom stereocenters. The van der Waals surface area contributed by atoms with Crippen molar-refractivity contribution >= 4 is 18.2 Å². The number of hydrogen-bond donors (Lipinski definition) is 0. The van der Waals surface area contributed by atoms with Crippen molar-refractivity contribution in [3.8, 4) is 0 Å². The Hall–Kier alpha value is 0.343. The van der Waals surface area contributed by atoms with Crippen molar-refractivity contribution in [3.05, 3.63) is 30.3 Å². The van der Waals surface area contributed by atoms with E-state index in [9.17, 15) is 4.57 Å². The Morgan fingerprint density at radius 3 is 1.50 bits per heavy atom. The third-order valence-electron chi connectivity index (χ3n) is 4.96. The molecule has 6 heteroatoms. The summed E-state index contributed by atoms with van der Waals surface area (Å²) >= 11 is 1.25. The normalized spacial score (nSPS) is 11.4. The van der Waals surface area contributed by atoms with Crippen molar-refractivity contribution in [2.75, 3.05) is 13.2 Å². The van der Waals surface area contributed by atoms with Crippen LogP contribution in [-0.2, 0) is 33.1 Å². The van der Waals surface area contributed by atoms with E-state index in [2.05, 4.69) is 13.8 Å². The quantitative estimate of drug-likeness (QED) is 0.0999. The maximum absolute atomic E-state index is 13.2. The molecule has 0 saturated carbocycles. The van der Waals surface area contributed by atoms with Crippen molar-refractivity contribution < 1.29 is 33.1 Å². The molecule has 30 heavy (non-hydrogen) atoms. The minimum atomic E-state index is -3.16. The average Bonchev–Trinajstić information content (AvgIpc) is 2.73. The molecule has 0 bridgehead atoms. The van der Waals surface area contributed by atoms with E-state index < -0.39 is 6.80 Å². The first-order valence-electron chi connectivity index (χ1n) is 11.8. The van der Waals surface area contributed by atoms with E-state index in [-0.39, 0.29) is 19.5 Å². The number of rotatable bonds is 20. The summed E-state index contributed by atoms with van der Waals surface area (Å²) in [6.07, 6.45) is 17.1. The van der Waals surface area contributed by atoms with Crippen LogP contribution in [0.3, 0.4) is 0 Å². The SMILES string of the molecule is CCCCCCCCCOP(=O)(OCCCCCCCCC)Sc1ccccc1.[Zn]. The first-order chi connectivity index (χ1) is 14.2. The molecule has 0 N–H and O–H groups in total. The van der Waals surface area contributed by atoms with Gasteiger partial charge in [-0.05, 0) is 36.4 Å². The second-order valence-electron chi connectivity index (χ2n) is 7.76. The third kappa shape index (κ3) is 17.0. The van der Waals surface area contributed by atoms with E-state index in [0.29, 0.717) is 13.2 Å². The summed E-state index contributed by atoms with van der Waals surface area (Å²) < 4.78 is 24.9. The van der Waals surface area contributed by atoms with Crippen LogP contribution in [-0.4, -0.2) is 13.2 Å². The van der Waals surface area contributed by atoms with E-state index in [1.165, 1.54) is 75.6 Å². The van der Waals surface area contributed by atoms with Gasteiger partial charge in [0.2, 0.25) is 0 Å². The zero-order valence-corrected chi connectivity index (χ0v) is 24.2. The largest absolute Gasteiger partial charge is 0.393 e. The molecule has 0 amide bonds. The van der Waals surface area contributed by atoms with E-state index in [4.69, 9.17) is 9.05 Å². The molecule has 0 saturated heterocycles. The predicted octanol–water partition coefficient (Wildman–Crippen LogP) is 9.42. The maximum atomic E-state index is 13.2. The molecule has 3 nitrogen and oxygen atoms in total. The van der Waals surface area contributed by atoms with Crippen LogP contribution in [0.1, 0.15) is 104 Å². The fraction of sp³-hybridized carbons (Fsp3) is 0.750. The van der Waals surface area contributed by atoms with Crippen LogP contribution < -0.4 is 0 Å². The molecule has 1 aromatic carbocycles. The molecule has 0 heterocycles. The maximum Gasteiger partial charge on any atom is 0.393 e. The van der Waals surface area contributed by atoms with Gasteiger partial charge in [-0.25, -0.2) is 4.57 Å². The molecule has 0 aromatic heterocycles. The average molecular weight is 508 g/mol. The summed E-state index contributed by atoms with van der Waals surface area (Å²) in [6, 6.07) is 9.81. The van der Waals surface area contributed by atoms with Crippen LogP contribution in [0.5, 0.6) is 0 Å². The van der Waals surface area contributed by atoms with E-state index in [1.54, 1.807) is 0 Å². The standard InChI is InChI=1S/C24H43O3PS.Zn/c1-3-5-7-9-11-13-18-22-26-28(25,29-24-20-16-15-17-21-24)27-23-19-14-12-10-8-6-4-2;/h15-17,20-21H,3-14,18-19,22-23H2,1-2H3;. The Balaban J connectivity index is 0.00000841. The monoisotopic (exact) mass is 506 g/mol. The Morgan fingerprint density at radius 1 is 0.667 bits per heavy atom. The van der Waals surface area contributed by atoms with Gasteiger partial charge in [0.15, 0.2) is 0 Å². The Morgan fingerprint density at radius 2 is 1.07 bits per heavy atom. The molecule has 0 fully saturated rings. The zero-order chi connectivity index (χ0) is 21.0. The second kappa shape index (κ2) is 21.2. The molecular formula is C24H43O3PSZn. The van der Waals surface area contributed by atoms with Crippen LogP contribution in [0.25, 0.3) is 0 Å². The molecular weight excluding hydrogens is 465 g/mol. The molecule has 0 aliphatic rings. The van der Waals surface area contributed by atoms with Gasteiger partial charge >= 0.3 is 6.80 Å². The van der Waals surface area contributed by atoms with Crippen molar-refractivity contribution in [2.24, 2.45) is 0 Å². The Labute approximate surface area is 202 Å². The van der Waals surface area contributed by atoms with Crippen LogP contribution >= 0.6 is 18.2 Å². The number of hydrogen-bond acceptors (Lipinski definition) is 4. The summed E-state index contributed by atoms with van der Waals surface area (Å²) in [6.45, 7) is 2.35. The zero-order valence-electron chi connectivity index (χ0n) is 19.5. The summed E-state index contributed by atoms with van der Waals surface area (Å²) in [5, 5.41) is 0. The minimum Gasteiger partial charge on any atom is -0.301 e. The number of unbranched alkanes of at least 4 members (excludes halogenated alkanes) is 12. The van der Waals surface area contributed by atoms with E-state index >= 15 is 0 Å². The second-order valence-corrected chi connectivity index (χ2v) is 11.7. The van der Waals surface area contributed by atoms with Gasteiger partial charge in [-0.2, -0.15) is 0 Å². The van der Waals surface area contributed by atoms with Crippen molar-refractivity contribution in [3.63, 3.8) is 0 Å². The van der Waals surface area contributed by atoms with Gasteiger partial charge in [0, 0.05) is 24.4 Å². The fourth-order valence-electron chi connectivity index (χ4n) is 3.17. The van der Waals surface area contributed by atoms with Gasteiger partial charge in [0.25, 0.3) is 0 Å². The molecule has 0 unspecified atom stereocenters. The molecule has 0 radical (unpaired) electrons. The first kappa shape index (κ1) is 30.3. The fourth-order valence-corrected chi connectivity index (χ4v) is 6.50. The van der Waals surface area contributed by atoms with Crippen LogP contribution in [0, 0.1) is 0 Å². The molecule has 0 spiro atoms. The summed E-state index contributed by atoms with van der Waals surface area (Å²) in [7, 11) is 0. The summed E-state index contributed by atoms with van der Waals surface area (Å²) in [4.78, 5) is 0.940. The Kier molecular flexibility index (Phi) is 21.4. The Bertz CT molecular complexity index is 506. The van der Waals surface area contributed by atoms with Gasteiger partial charge in [-0.15, -0.1) is 0 Å². The molecule has 170 valence electrons. The first-order valence-corrected chi connectivity index (χ1v) is 14.8. The molecule has 0 aliphatic heterocycles. The molecule has 1 rings (SSSR count). The smallest absolute Gasteiger partial charge is 0.301 e. The van der Waals surface area contributed by atoms with Gasteiger partial charge in [-0.1, -0.05) is 109 Å². The van der Waals surface area contributed by atoms with Gasteiger partial charge < -0.3 is 9.05 Å². The topological polar surface area (TPSA) is 35.5 Å². The summed E-state index contributed by atoms with van der Waals surface area (Å²) in [5.41, 5.74) is 0. The number of benzene rings is 1. The van der Waals surface area contributed by atoms with Crippen LogP contribution in [0.15, 0.2) is 35.2 Å². The van der Waals surface area contributed by atoms with E-state index in [0.717, 1.165) is 30.6 Å². The van der Waals surface area contributed by atoms with Crippen molar-refractivity contribution in [2.45, 2.75) is 109 Å². The summed E-state index contributed by atoms with van der Waals surface area (Å²) in [5.74, 6) is 0. The van der Waals surface area contributed by atoms with Crippen LogP contribution in [0.2, 0.25) is 0 Å². The van der Waals surface area contributed by atoms with Gasteiger partial charge in [0.05, 0.1) is 13.2 Å². The van der Waals surface area contributed by atoms with Gasteiger partial charge in [-0.3, -0.25) is 0 Å².